The van der Waals surface area contributed by atoms with Crippen LogP contribution in [-0.2, 0) is 6.42 Å². The fraction of sp³-hybridized carbons (Fsp3) is 0.333. The third-order valence-electron chi connectivity index (χ3n) is 3.54. The molecule has 112 valence electrons. The van der Waals surface area contributed by atoms with Gasteiger partial charge in [0.05, 0.1) is 5.02 Å². The Morgan fingerprint density at radius 3 is 2.48 bits per heavy atom. The topological polar surface area (TPSA) is 12.0 Å². The van der Waals surface area contributed by atoms with Crippen molar-refractivity contribution in [3.63, 3.8) is 0 Å². The third kappa shape index (κ3) is 4.55. The van der Waals surface area contributed by atoms with Gasteiger partial charge in [0, 0.05) is 6.04 Å². The number of nitrogens with one attached hydrogen (secondary N) is 1. The van der Waals surface area contributed by atoms with Gasteiger partial charge >= 0.3 is 0 Å². The van der Waals surface area contributed by atoms with Gasteiger partial charge in [0.25, 0.3) is 0 Å². The van der Waals surface area contributed by atoms with Crippen LogP contribution in [0, 0.1) is 12.7 Å². The second-order valence-corrected chi connectivity index (χ2v) is 5.78. The van der Waals surface area contributed by atoms with Gasteiger partial charge in [-0.1, -0.05) is 54.4 Å². The van der Waals surface area contributed by atoms with Crippen molar-refractivity contribution in [3.8, 4) is 0 Å². The van der Waals surface area contributed by atoms with Gasteiger partial charge in [0.1, 0.15) is 5.82 Å². The van der Waals surface area contributed by atoms with Crippen molar-refractivity contribution >= 4 is 11.6 Å². The zero-order chi connectivity index (χ0) is 15.2. The van der Waals surface area contributed by atoms with Crippen LogP contribution in [0.2, 0.25) is 5.02 Å². The normalized spacial score (nSPS) is 12.4. The first-order valence-corrected chi connectivity index (χ1v) is 7.72. The zero-order valence-electron chi connectivity index (χ0n) is 12.5. The molecule has 0 fully saturated rings. The molecule has 1 nitrogen and oxygen atoms in total. The third-order valence-corrected chi connectivity index (χ3v) is 3.85. The van der Waals surface area contributed by atoms with Crippen molar-refractivity contribution in [3.05, 3.63) is 70.0 Å². The first kappa shape index (κ1) is 16.0. The molecule has 0 bridgehead atoms. The molecule has 0 radical (unpaired) electrons. The van der Waals surface area contributed by atoms with Gasteiger partial charge in [0.2, 0.25) is 0 Å². The van der Waals surface area contributed by atoms with E-state index in [9.17, 15) is 4.39 Å². The molecule has 2 aromatic rings. The van der Waals surface area contributed by atoms with Crippen molar-refractivity contribution in [2.75, 3.05) is 6.54 Å². The van der Waals surface area contributed by atoms with Crippen LogP contribution >= 0.6 is 11.6 Å². The van der Waals surface area contributed by atoms with Crippen molar-refractivity contribution in [1.82, 2.24) is 5.32 Å². The summed E-state index contributed by atoms with van der Waals surface area (Å²) in [5, 5.41) is 3.71. The summed E-state index contributed by atoms with van der Waals surface area (Å²) < 4.78 is 13.6. The lowest BCUT2D eigenvalue weighted by atomic mass is 9.98. The Morgan fingerprint density at radius 1 is 1.14 bits per heavy atom. The minimum atomic E-state index is -0.354. The summed E-state index contributed by atoms with van der Waals surface area (Å²) in [5.74, 6) is -0.354. The lowest BCUT2D eigenvalue weighted by molar-refractivity contribution is 0.527. The van der Waals surface area contributed by atoms with Crippen LogP contribution in [0.5, 0.6) is 0 Å². The van der Waals surface area contributed by atoms with Gasteiger partial charge in [-0.2, -0.15) is 0 Å². The number of aryl methyl sites for hydroxylation is 1. The van der Waals surface area contributed by atoms with Crippen molar-refractivity contribution in [1.29, 1.82) is 0 Å². The molecular weight excluding hydrogens is 285 g/mol. The van der Waals surface area contributed by atoms with Crippen molar-refractivity contribution in [2.45, 2.75) is 32.7 Å². The van der Waals surface area contributed by atoms with Crippen LogP contribution in [0.15, 0.2) is 42.5 Å². The van der Waals surface area contributed by atoms with E-state index in [2.05, 4.69) is 43.4 Å². The SMILES string of the molecule is CCCNC(Cc1ccc(Cl)c(F)c1)c1ccc(C)cc1. The maximum Gasteiger partial charge on any atom is 0.142 e. The first-order chi connectivity index (χ1) is 10.1. The van der Waals surface area contributed by atoms with Crippen LogP contribution in [0.4, 0.5) is 4.39 Å². The van der Waals surface area contributed by atoms with Crippen molar-refractivity contribution in [2.24, 2.45) is 0 Å². The molecule has 2 rings (SSSR count). The lowest BCUT2D eigenvalue weighted by Gasteiger charge is -2.19. The van der Waals surface area contributed by atoms with Gasteiger partial charge in [-0.3, -0.25) is 0 Å². The van der Waals surface area contributed by atoms with E-state index in [-0.39, 0.29) is 16.9 Å². The van der Waals surface area contributed by atoms with Gasteiger partial charge in [-0.25, -0.2) is 4.39 Å². The molecule has 0 saturated carbocycles. The fourth-order valence-electron chi connectivity index (χ4n) is 2.33. The summed E-state index contributed by atoms with van der Waals surface area (Å²) in [4.78, 5) is 0. The van der Waals surface area contributed by atoms with E-state index in [1.807, 2.05) is 6.07 Å². The highest BCUT2D eigenvalue weighted by Crippen LogP contribution is 2.22. The van der Waals surface area contributed by atoms with Crippen LogP contribution < -0.4 is 5.32 Å². The zero-order valence-corrected chi connectivity index (χ0v) is 13.3. The number of benzene rings is 2. The highest BCUT2D eigenvalue weighted by Gasteiger charge is 2.12. The maximum atomic E-state index is 13.6. The molecule has 3 heteroatoms. The van der Waals surface area contributed by atoms with E-state index in [1.165, 1.54) is 17.2 Å². The van der Waals surface area contributed by atoms with Crippen LogP contribution in [0.1, 0.15) is 36.1 Å². The Hall–Kier alpha value is -1.38. The maximum absolute atomic E-state index is 13.6. The molecule has 0 saturated heterocycles. The molecule has 0 spiro atoms. The summed E-state index contributed by atoms with van der Waals surface area (Å²) in [6.45, 7) is 5.16. The highest BCUT2D eigenvalue weighted by atomic mass is 35.5. The quantitative estimate of drug-likeness (QED) is 0.785. The molecular formula is C18H21ClFN. The average Bonchev–Trinajstić information content (AvgIpc) is 2.48. The minimum absolute atomic E-state index is 0.173. The number of rotatable bonds is 6. The summed E-state index contributed by atoms with van der Waals surface area (Å²) in [6.07, 6.45) is 1.81. The van der Waals surface area contributed by atoms with E-state index in [1.54, 1.807) is 6.07 Å². The smallest absolute Gasteiger partial charge is 0.142 e. The molecule has 1 atom stereocenters. The minimum Gasteiger partial charge on any atom is -0.310 e. The molecule has 0 aromatic heterocycles. The van der Waals surface area contributed by atoms with Gasteiger partial charge in [-0.05, 0) is 49.6 Å². The Kier molecular flexibility index (Phi) is 5.77. The van der Waals surface area contributed by atoms with Gasteiger partial charge < -0.3 is 5.32 Å². The molecule has 1 N–H and O–H groups in total. The Morgan fingerprint density at radius 2 is 1.86 bits per heavy atom. The number of hydrogen-bond donors (Lipinski definition) is 1. The molecule has 1 unspecified atom stereocenters. The molecule has 0 amide bonds. The van der Waals surface area contributed by atoms with Crippen molar-refractivity contribution < 1.29 is 4.39 Å². The largest absolute Gasteiger partial charge is 0.310 e. The molecule has 0 aliphatic heterocycles. The van der Waals surface area contributed by atoms with Gasteiger partial charge in [-0.15, -0.1) is 0 Å². The highest BCUT2D eigenvalue weighted by molar-refractivity contribution is 6.30. The Balaban J connectivity index is 2.19. The summed E-state index contributed by atoms with van der Waals surface area (Å²) in [5.41, 5.74) is 3.42. The van der Waals surface area contributed by atoms with E-state index in [0.717, 1.165) is 24.9 Å². The predicted molar refractivity (Wildman–Crippen MR) is 87.3 cm³/mol. The van der Waals surface area contributed by atoms with E-state index < -0.39 is 0 Å². The molecule has 0 aliphatic rings. The second kappa shape index (κ2) is 7.58. The monoisotopic (exact) mass is 305 g/mol. The molecule has 2 aromatic carbocycles. The summed E-state index contributed by atoms with van der Waals surface area (Å²) in [7, 11) is 0. The lowest BCUT2D eigenvalue weighted by Crippen LogP contribution is -2.24. The van der Waals surface area contributed by atoms with Crippen LogP contribution in [-0.4, -0.2) is 6.54 Å². The number of halogens is 2. The molecule has 0 aliphatic carbocycles. The van der Waals surface area contributed by atoms with Crippen LogP contribution in [0.3, 0.4) is 0 Å². The van der Waals surface area contributed by atoms with Crippen LogP contribution in [0.25, 0.3) is 0 Å². The summed E-state index contributed by atoms with van der Waals surface area (Å²) in [6, 6.07) is 13.7. The Bertz CT molecular complexity index is 580. The van der Waals surface area contributed by atoms with E-state index in [0.29, 0.717) is 0 Å². The van der Waals surface area contributed by atoms with E-state index >= 15 is 0 Å². The predicted octanol–water partition coefficient (Wildman–Crippen LogP) is 5.07. The Labute approximate surface area is 131 Å². The molecule has 21 heavy (non-hydrogen) atoms. The number of hydrogen-bond acceptors (Lipinski definition) is 1. The first-order valence-electron chi connectivity index (χ1n) is 7.34. The average molecular weight is 306 g/mol. The standard InChI is InChI=1S/C18H21ClFN/c1-3-10-21-18(15-7-4-13(2)5-8-15)12-14-6-9-16(19)17(20)11-14/h4-9,11,18,21H,3,10,12H2,1-2H3. The summed E-state index contributed by atoms with van der Waals surface area (Å²) >= 11 is 5.74. The second-order valence-electron chi connectivity index (χ2n) is 5.37. The van der Waals surface area contributed by atoms with Gasteiger partial charge in [0.15, 0.2) is 0 Å². The van der Waals surface area contributed by atoms with E-state index in [4.69, 9.17) is 11.6 Å². The fourth-order valence-corrected chi connectivity index (χ4v) is 2.45. The molecule has 0 heterocycles.